The van der Waals surface area contributed by atoms with Gasteiger partial charge in [0.2, 0.25) is 0 Å². The van der Waals surface area contributed by atoms with Crippen LogP contribution in [0.25, 0.3) is 0 Å². The zero-order chi connectivity index (χ0) is 13.1. The average Bonchev–Trinajstić information content (AvgIpc) is 2.95. The van der Waals surface area contributed by atoms with Crippen LogP contribution in [-0.4, -0.2) is 19.6 Å². The Morgan fingerprint density at radius 3 is 2.78 bits per heavy atom. The van der Waals surface area contributed by atoms with Gasteiger partial charge in [-0.25, -0.2) is 0 Å². The van der Waals surface area contributed by atoms with Crippen molar-refractivity contribution in [2.45, 2.75) is 46.3 Å². The lowest BCUT2D eigenvalue weighted by Crippen LogP contribution is -2.07. The SMILES string of the molecule is CCC(C)n1ccc(Cn2cc(CN)c(C)n2)n1. The zero-order valence-electron chi connectivity index (χ0n) is 11.3. The average molecular weight is 247 g/mol. The van der Waals surface area contributed by atoms with Gasteiger partial charge in [0.15, 0.2) is 0 Å². The van der Waals surface area contributed by atoms with Gasteiger partial charge in [-0.3, -0.25) is 9.36 Å². The molecule has 0 aliphatic heterocycles. The molecule has 2 heterocycles. The molecule has 0 bridgehead atoms. The predicted octanol–water partition coefficient (Wildman–Crippen LogP) is 1.87. The molecule has 98 valence electrons. The van der Waals surface area contributed by atoms with Crippen molar-refractivity contribution in [1.82, 2.24) is 19.6 Å². The van der Waals surface area contributed by atoms with E-state index in [1.165, 1.54) is 0 Å². The molecule has 2 aromatic rings. The van der Waals surface area contributed by atoms with Crippen LogP contribution in [0.3, 0.4) is 0 Å². The quantitative estimate of drug-likeness (QED) is 0.877. The van der Waals surface area contributed by atoms with Gasteiger partial charge in [0, 0.05) is 30.5 Å². The standard InChI is InChI=1S/C13H21N5/c1-4-10(2)18-6-5-13(16-18)9-17-8-12(7-14)11(3)15-17/h5-6,8,10H,4,7,9,14H2,1-3H3. The molecule has 0 radical (unpaired) electrons. The summed E-state index contributed by atoms with van der Waals surface area (Å²) in [4.78, 5) is 0. The predicted molar refractivity (Wildman–Crippen MR) is 71.2 cm³/mol. The maximum absolute atomic E-state index is 5.65. The molecular weight excluding hydrogens is 226 g/mol. The number of nitrogens with two attached hydrogens (primary N) is 1. The molecule has 0 spiro atoms. The minimum atomic E-state index is 0.442. The summed E-state index contributed by atoms with van der Waals surface area (Å²) in [5, 5.41) is 9.00. The van der Waals surface area contributed by atoms with Crippen molar-refractivity contribution in [3.05, 3.63) is 35.4 Å². The molecule has 1 atom stereocenters. The minimum absolute atomic E-state index is 0.442. The highest BCUT2D eigenvalue weighted by Crippen LogP contribution is 2.11. The fourth-order valence-corrected chi connectivity index (χ4v) is 1.90. The van der Waals surface area contributed by atoms with Crippen LogP contribution in [0.15, 0.2) is 18.5 Å². The van der Waals surface area contributed by atoms with Crippen LogP contribution >= 0.6 is 0 Å². The molecule has 0 saturated carbocycles. The Hall–Kier alpha value is -1.62. The first-order valence-corrected chi connectivity index (χ1v) is 6.41. The van der Waals surface area contributed by atoms with Gasteiger partial charge in [0.25, 0.3) is 0 Å². The van der Waals surface area contributed by atoms with Gasteiger partial charge in [-0.1, -0.05) is 6.92 Å². The molecule has 0 saturated heterocycles. The molecule has 0 fully saturated rings. The number of rotatable bonds is 5. The van der Waals surface area contributed by atoms with Crippen LogP contribution in [0, 0.1) is 6.92 Å². The summed E-state index contributed by atoms with van der Waals surface area (Å²) in [6.07, 6.45) is 5.11. The third-order valence-electron chi connectivity index (χ3n) is 3.30. The van der Waals surface area contributed by atoms with E-state index in [2.05, 4.69) is 24.0 Å². The van der Waals surface area contributed by atoms with Crippen LogP contribution < -0.4 is 5.73 Å². The van der Waals surface area contributed by atoms with Crippen LogP contribution in [0.5, 0.6) is 0 Å². The maximum Gasteiger partial charge on any atom is 0.0850 e. The molecule has 1 unspecified atom stereocenters. The van der Waals surface area contributed by atoms with E-state index >= 15 is 0 Å². The third-order valence-corrected chi connectivity index (χ3v) is 3.30. The molecule has 0 aliphatic carbocycles. The number of hydrogen-bond acceptors (Lipinski definition) is 3. The highest BCUT2D eigenvalue weighted by Gasteiger charge is 2.07. The Bertz CT molecular complexity index is 511. The largest absolute Gasteiger partial charge is 0.326 e. The Kier molecular flexibility index (Phi) is 3.81. The van der Waals surface area contributed by atoms with Crippen molar-refractivity contribution in [2.24, 2.45) is 5.73 Å². The van der Waals surface area contributed by atoms with Crippen molar-refractivity contribution >= 4 is 0 Å². The summed E-state index contributed by atoms with van der Waals surface area (Å²) in [6, 6.07) is 2.49. The van der Waals surface area contributed by atoms with Crippen molar-refractivity contribution in [3.8, 4) is 0 Å². The Morgan fingerprint density at radius 1 is 1.39 bits per heavy atom. The van der Waals surface area contributed by atoms with E-state index in [0.717, 1.165) is 23.4 Å². The number of nitrogens with zero attached hydrogens (tertiary/aromatic N) is 4. The molecule has 5 nitrogen and oxygen atoms in total. The number of hydrogen-bond donors (Lipinski definition) is 1. The van der Waals surface area contributed by atoms with Crippen LogP contribution in [0.4, 0.5) is 0 Å². The molecule has 2 N–H and O–H groups in total. The molecular formula is C13H21N5. The van der Waals surface area contributed by atoms with Crippen molar-refractivity contribution < 1.29 is 0 Å². The lowest BCUT2D eigenvalue weighted by atomic mass is 10.3. The molecule has 18 heavy (non-hydrogen) atoms. The summed E-state index contributed by atoms with van der Waals surface area (Å²) in [5.41, 5.74) is 8.77. The number of aryl methyl sites for hydroxylation is 1. The minimum Gasteiger partial charge on any atom is -0.326 e. The Morgan fingerprint density at radius 2 is 2.17 bits per heavy atom. The highest BCUT2D eigenvalue weighted by atomic mass is 15.3. The molecule has 5 heteroatoms. The summed E-state index contributed by atoms with van der Waals surface area (Å²) in [6.45, 7) is 7.55. The first-order valence-electron chi connectivity index (χ1n) is 6.41. The van der Waals surface area contributed by atoms with Gasteiger partial charge >= 0.3 is 0 Å². The van der Waals surface area contributed by atoms with E-state index in [1.807, 2.05) is 34.7 Å². The van der Waals surface area contributed by atoms with E-state index in [-0.39, 0.29) is 0 Å². The van der Waals surface area contributed by atoms with Gasteiger partial charge in [-0.05, 0) is 26.3 Å². The monoisotopic (exact) mass is 247 g/mol. The fourth-order valence-electron chi connectivity index (χ4n) is 1.90. The summed E-state index contributed by atoms with van der Waals surface area (Å²) < 4.78 is 3.91. The normalized spacial score (nSPS) is 12.9. The molecule has 0 amide bonds. The lowest BCUT2D eigenvalue weighted by molar-refractivity contribution is 0.471. The van der Waals surface area contributed by atoms with E-state index in [4.69, 9.17) is 5.73 Å². The highest BCUT2D eigenvalue weighted by molar-refractivity contribution is 5.15. The van der Waals surface area contributed by atoms with Crippen molar-refractivity contribution in [3.63, 3.8) is 0 Å². The second-order valence-electron chi connectivity index (χ2n) is 4.69. The topological polar surface area (TPSA) is 61.7 Å². The molecule has 0 aromatic carbocycles. The van der Waals surface area contributed by atoms with Gasteiger partial charge in [-0.15, -0.1) is 0 Å². The smallest absolute Gasteiger partial charge is 0.0850 e. The van der Waals surface area contributed by atoms with Crippen LogP contribution in [-0.2, 0) is 13.1 Å². The number of aromatic nitrogens is 4. The second-order valence-corrected chi connectivity index (χ2v) is 4.69. The van der Waals surface area contributed by atoms with Crippen LogP contribution in [0.1, 0.15) is 43.3 Å². The third kappa shape index (κ3) is 2.61. The Labute approximate surface area is 108 Å². The Balaban J connectivity index is 2.11. The van der Waals surface area contributed by atoms with E-state index < -0.39 is 0 Å². The van der Waals surface area contributed by atoms with Crippen molar-refractivity contribution in [1.29, 1.82) is 0 Å². The van der Waals surface area contributed by atoms with Gasteiger partial charge in [-0.2, -0.15) is 10.2 Å². The summed E-state index contributed by atoms with van der Waals surface area (Å²) >= 11 is 0. The molecule has 2 rings (SSSR count). The first-order chi connectivity index (χ1) is 8.63. The fraction of sp³-hybridized carbons (Fsp3) is 0.538. The van der Waals surface area contributed by atoms with Gasteiger partial charge in [0.05, 0.1) is 17.9 Å². The summed E-state index contributed by atoms with van der Waals surface area (Å²) in [5.74, 6) is 0. The van der Waals surface area contributed by atoms with Crippen molar-refractivity contribution in [2.75, 3.05) is 0 Å². The van der Waals surface area contributed by atoms with Gasteiger partial charge < -0.3 is 5.73 Å². The van der Waals surface area contributed by atoms with Gasteiger partial charge in [0.1, 0.15) is 0 Å². The first kappa shape index (κ1) is 12.8. The van der Waals surface area contributed by atoms with Crippen LogP contribution in [0.2, 0.25) is 0 Å². The second kappa shape index (κ2) is 5.35. The van der Waals surface area contributed by atoms with E-state index in [1.54, 1.807) is 0 Å². The maximum atomic E-state index is 5.65. The lowest BCUT2D eigenvalue weighted by Gasteiger charge is -2.08. The summed E-state index contributed by atoms with van der Waals surface area (Å²) in [7, 11) is 0. The molecule has 0 aliphatic rings. The van der Waals surface area contributed by atoms with E-state index in [0.29, 0.717) is 19.1 Å². The zero-order valence-corrected chi connectivity index (χ0v) is 11.3. The molecule has 2 aromatic heterocycles. The van der Waals surface area contributed by atoms with E-state index in [9.17, 15) is 0 Å².